The van der Waals surface area contributed by atoms with Crippen molar-refractivity contribution >= 4 is 35.0 Å². The molecule has 1 fully saturated rings. The highest BCUT2D eigenvalue weighted by Gasteiger charge is 2.35. The first kappa shape index (κ1) is 26.3. The molecule has 1 aromatic rings. The van der Waals surface area contributed by atoms with Gasteiger partial charge in [-0.25, -0.2) is 4.39 Å². The van der Waals surface area contributed by atoms with Crippen molar-refractivity contribution in [3.05, 3.63) is 47.3 Å². The summed E-state index contributed by atoms with van der Waals surface area (Å²) in [5.74, 6) is -1.93. The number of nitrogens with one attached hydrogen (secondary N) is 1. The number of hydrazone groups is 1. The van der Waals surface area contributed by atoms with Gasteiger partial charge in [-0.3, -0.25) is 19.4 Å². The lowest BCUT2D eigenvalue weighted by atomic mass is 10.2. The van der Waals surface area contributed by atoms with Crippen LogP contribution in [-0.2, 0) is 20.9 Å². The van der Waals surface area contributed by atoms with Crippen molar-refractivity contribution in [2.45, 2.75) is 58.2 Å². The van der Waals surface area contributed by atoms with E-state index in [4.69, 9.17) is 17.3 Å². The van der Waals surface area contributed by atoms with Crippen molar-refractivity contribution in [1.82, 2.24) is 15.2 Å². The van der Waals surface area contributed by atoms with Crippen LogP contribution in [0.15, 0.2) is 36.0 Å². The number of nitrogens with two attached hydrogens (primary N) is 1. The molecule has 2 rings (SSSR count). The Kier molecular flexibility index (Phi) is 9.84. The molecule has 1 aliphatic rings. The van der Waals surface area contributed by atoms with E-state index in [0.29, 0.717) is 12.8 Å². The van der Waals surface area contributed by atoms with E-state index < -0.39 is 17.6 Å². The van der Waals surface area contributed by atoms with Gasteiger partial charge in [0.15, 0.2) is 0 Å². The van der Waals surface area contributed by atoms with Crippen molar-refractivity contribution in [2.24, 2.45) is 10.8 Å². The van der Waals surface area contributed by atoms with E-state index in [2.05, 4.69) is 17.0 Å². The van der Waals surface area contributed by atoms with E-state index in [1.165, 1.54) is 22.0 Å². The topological polar surface area (TPSA) is 108 Å². The predicted octanol–water partition coefficient (Wildman–Crippen LogP) is 2.60. The van der Waals surface area contributed by atoms with Crippen LogP contribution in [0, 0.1) is 5.82 Å². The fraction of sp³-hybridized carbons (Fsp3) is 0.478. The summed E-state index contributed by atoms with van der Waals surface area (Å²) in [6.07, 6.45) is 4.18. The van der Waals surface area contributed by atoms with Crippen LogP contribution in [0.2, 0.25) is 5.02 Å². The van der Waals surface area contributed by atoms with Crippen LogP contribution in [0.4, 0.5) is 4.39 Å². The molecular weight excluding hydrogens is 449 g/mol. The van der Waals surface area contributed by atoms with E-state index in [1.54, 1.807) is 19.1 Å². The van der Waals surface area contributed by atoms with Crippen LogP contribution in [-0.4, -0.2) is 58.5 Å². The van der Waals surface area contributed by atoms with Gasteiger partial charge in [0.25, 0.3) is 5.91 Å². The first-order chi connectivity index (χ1) is 15.7. The molecule has 33 heavy (non-hydrogen) atoms. The fourth-order valence-corrected chi connectivity index (χ4v) is 3.42. The minimum atomic E-state index is -0.646. The number of amides is 3. The molecule has 180 valence electrons. The molecule has 8 nitrogen and oxygen atoms in total. The summed E-state index contributed by atoms with van der Waals surface area (Å²) in [4.78, 5) is 38.8. The maximum absolute atomic E-state index is 14.0. The third-order valence-corrected chi connectivity index (χ3v) is 5.60. The Hall–Kier alpha value is -2.94. The van der Waals surface area contributed by atoms with Gasteiger partial charge in [0.05, 0.1) is 11.6 Å². The van der Waals surface area contributed by atoms with Crippen LogP contribution in [0.25, 0.3) is 0 Å². The molecule has 3 amide bonds. The molecule has 0 heterocycles. The molecule has 0 spiro atoms. The van der Waals surface area contributed by atoms with Crippen LogP contribution >= 0.6 is 11.6 Å². The molecule has 1 aromatic carbocycles. The largest absolute Gasteiger partial charge is 0.364 e. The predicted molar refractivity (Wildman–Crippen MR) is 126 cm³/mol. The van der Waals surface area contributed by atoms with Gasteiger partial charge >= 0.3 is 0 Å². The van der Waals surface area contributed by atoms with E-state index in [9.17, 15) is 18.8 Å². The zero-order valence-corrected chi connectivity index (χ0v) is 19.8. The fourth-order valence-electron chi connectivity index (χ4n) is 3.23. The Bertz CT molecular complexity index is 919. The molecule has 3 N–H and O–H groups in total. The number of benzene rings is 1. The number of carbonyl (C=O) groups is 3. The summed E-state index contributed by atoms with van der Waals surface area (Å²) in [5, 5.41) is 8.45. The van der Waals surface area contributed by atoms with Crippen molar-refractivity contribution in [3.8, 4) is 0 Å². The number of nitrogens with zero attached hydrogens (tertiary/aromatic N) is 3. The number of hydrogen-bond acceptors (Lipinski definition) is 5. The van der Waals surface area contributed by atoms with E-state index in [0.717, 1.165) is 12.8 Å². The van der Waals surface area contributed by atoms with Gasteiger partial charge in [-0.2, -0.15) is 5.10 Å². The zero-order valence-electron chi connectivity index (χ0n) is 19.0. The molecule has 1 aliphatic carbocycles. The normalized spacial score (nSPS) is 14.4. The second kappa shape index (κ2) is 12.3. The van der Waals surface area contributed by atoms with E-state index >= 15 is 0 Å². The Morgan fingerprint density at radius 3 is 2.64 bits per heavy atom. The molecule has 0 saturated heterocycles. The van der Waals surface area contributed by atoms with Gasteiger partial charge in [-0.15, -0.1) is 6.58 Å². The molecular formula is C23H31ClFN5O3. The van der Waals surface area contributed by atoms with Gasteiger partial charge < -0.3 is 16.0 Å². The minimum Gasteiger partial charge on any atom is -0.364 e. The maximum atomic E-state index is 14.0. The molecule has 0 aromatic heterocycles. The van der Waals surface area contributed by atoms with Gasteiger partial charge in [-0.05, 0) is 38.7 Å². The number of halogens is 2. The lowest BCUT2D eigenvalue weighted by molar-refractivity contribution is -0.138. The van der Waals surface area contributed by atoms with Crippen molar-refractivity contribution in [1.29, 1.82) is 0 Å². The highest BCUT2D eigenvalue weighted by molar-refractivity contribution is 6.38. The van der Waals surface area contributed by atoms with Crippen LogP contribution in [0.3, 0.4) is 0 Å². The summed E-state index contributed by atoms with van der Waals surface area (Å²) in [6, 6.07) is 4.33. The SMILES string of the molecule is C=CCC(C)N(CC(=O)N(CC(=O)NCc1cccc(Cl)c1F)C1CC1)/N=C(\CC)C(N)=O. The first-order valence-corrected chi connectivity index (χ1v) is 11.3. The summed E-state index contributed by atoms with van der Waals surface area (Å²) in [5.41, 5.74) is 5.81. The average molecular weight is 480 g/mol. The average Bonchev–Trinajstić information content (AvgIpc) is 3.60. The van der Waals surface area contributed by atoms with Crippen LogP contribution in [0.5, 0.6) is 0 Å². The van der Waals surface area contributed by atoms with Gasteiger partial charge in [0.2, 0.25) is 11.8 Å². The zero-order chi connectivity index (χ0) is 24.5. The Labute approximate surface area is 198 Å². The van der Waals surface area contributed by atoms with Gasteiger partial charge in [0.1, 0.15) is 18.1 Å². The van der Waals surface area contributed by atoms with Gasteiger partial charge in [-0.1, -0.05) is 36.7 Å². The molecule has 10 heteroatoms. The van der Waals surface area contributed by atoms with E-state index in [1.807, 2.05) is 6.92 Å². The van der Waals surface area contributed by atoms with Crippen LogP contribution in [0.1, 0.15) is 45.1 Å². The molecule has 0 radical (unpaired) electrons. The second-order valence-corrected chi connectivity index (χ2v) is 8.39. The van der Waals surface area contributed by atoms with Crippen molar-refractivity contribution in [2.75, 3.05) is 13.1 Å². The summed E-state index contributed by atoms with van der Waals surface area (Å²) in [6.45, 7) is 7.02. The monoisotopic (exact) mass is 479 g/mol. The quantitative estimate of drug-likeness (QED) is 0.257. The third-order valence-electron chi connectivity index (χ3n) is 5.31. The second-order valence-electron chi connectivity index (χ2n) is 7.98. The maximum Gasteiger partial charge on any atom is 0.264 e. The summed E-state index contributed by atoms with van der Waals surface area (Å²) >= 11 is 5.78. The first-order valence-electron chi connectivity index (χ1n) is 10.9. The highest BCUT2D eigenvalue weighted by Crippen LogP contribution is 2.27. The number of rotatable bonds is 13. The van der Waals surface area contributed by atoms with E-state index in [-0.39, 0.29) is 53.9 Å². The number of hydrogen-bond donors (Lipinski definition) is 2. The molecule has 1 atom stereocenters. The highest BCUT2D eigenvalue weighted by atomic mass is 35.5. The Balaban J connectivity index is 2.07. The number of primary amides is 1. The smallest absolute Gasteiger partial charge is 0.264 e. The molecule has 1 unspecified atom stereocenters. The van der Waals surface area contributed by atoms with Crippen LogP contribution < -0.4 is 11.1 Å². The summed E-state index contributed by atoms with van der Waals surface area (Å²) in [7, 11) is 0. The molecule has 0 aliphatic heterocycles. The molecule has 1 saturated carbocycles. The lowest BCUT2D eigenvalue weighted by Gasteiger charge is -2.29. The third kappa shape index (κ3) is 7.85. The standard InChI is InChI=1S/C23H31ClFN5O3/c1-4-7-15(3)30(28-19(5-2)23(26)33)14-21(32)29(17-10-11-17)13-20(31)27-12-16-8-6-9-18(24)22(16)25/h4,6,8-9,15,17H,1,5,7,10-14H2,2-3H3,(H2,26,33)(H,27,31)/b28-19+. The van der Waals surface area contributed by atoms with Gasteiger partial charge in [0, 0.05) is 24.2 Å². The van der Waals surface area contributed by atoms with Crippen molar-refractivity contribution < 1.29 is 18.8 Å². The Morgan fingerprint density at radius 2 is 2.06 bits per heavy atom. The summed E-state index contributed by atoms with van der Waals surface area (Å²) < 4.78 is 14.0. The number of carbonyl (C=O) groups excluding carboxylic acids is 3. The lowest BCUT2D eigenvalue weighted by Crippen LogP contribution is -2.47. The molecule has 0 bridgehead atoms. The Morgan fingerprint density at radius 1 is 1.36 bits per heavy atom. The minimum absolute atomic E-state index is 0.0202. The van der Waals surface area contributed by atoms with Crippen molar-refractivity contribution in [3.63, 3.8) is 0 Å².